The monoisotopic (exact) mass is 1090 g/mol. The number of carbonyl (C=O) groups is 1. The van der Waals surface area contributed by atoms with E-state index in [1.807, 2.05) is 6.08 Å². The zero-order chi connectivity index (χ0) is 56.9. The van der Waals surface area contributed by atoms with Gasteiger partial charge in [-0.25, -0.2) is 0 Å². The van der Waals surface area contributed by atoms with Gasteiger partial charge in [0, 0.05) is 6.42 Å². The molecule has 0 aromatic heterocycles. The Morgan fingerprint density at radius 3 is 0.886 bits per heavy atom. The molecule has 4 heteroatoms. The van der Waals surface area contributed by atoms with Crippen LogP contribution in [0.3, 0.4) is 0 Å². The first kappa shape index (κ1) is 74.8. The molecule has 0 aliphatic carbocycles. The third kappa shape index (κ3) is 64.5. The van der Waals surface area contributed by atoms with Crippen LogP contribution in [0.1, 0.15) is 277 Å². The lowest BCUT2D eigenvalue weighted by molar-refractivity contribution is -0.123. The van der Waals surface area contributed by atoms with Gasteiger partial charge in [0.2, 0.25) is 5.91 Å². The molecule has 0 aliphatic rings. The molecule has 0 heterocycles. The molecule has 446 valence electrons. The fourth-order valence-electron chi connectivity index (χ4n) is 8.98. The highest BCUT2D eigenvalue weighted by Gasteiger charge is 2.18. The molecule has 2 unspecified atom stereocenters. The Labute approximate surface area is 489 Å². The van der Waals surface area contributed by atoms with Crippen molar-refractivity contribution in [3.63, 3.8) is 0 Å². The summed E-state index contributed by atoms with van der Waals surface area (Å²) in [7, 11) is 0. The highest BCUT2D eigenvalue weighted by molar-refractivity contribution is 5.76. The van der Waals surface area contributed by atoms with E-state index in [0.717, 1.165) is 128 Å². The number of rotatable bonds is 58. The topological polar surface area (TPSA) is 69.6 Å². The van der Waals surface area contributed by atoms with Crippen molar-refractivity contribution in [2.45, 2.75) is 289 Å². The van der Waals surface area contributed by atoms with Crippen molar-refractivity contribution < 1.29 is 15.0 Å². The van der Waals surface area contributed by atoms with E-state index in [2.05, 4.69) is 177 Å². The molecule has 0 bridgehead atoms. The van der Waals surface area contributed by atoms with Gasteiger partial charge in [-0.1, -0.05) is 312 Å². The Morgan fingerprint density at radius 2 is 0.570 bits per heavy atom. The van der Waals surface area contributed by atoms with Crippen molar-refractivity contribution in [2.75, 3.05) is 6.61 Å². The van der Waals surface area contributed by atoms with Crippen molar-refractivity contribution in [1.29, 1.82) is 0 Å². The molecular formula is C75H123NO3. The van der Waals surface area contributed by atoms with Gasteiger partial charge in [-0.3, -0.25) is 4.79 Å². The van der Waals surface area contributed by atoms with Gasteiger partial charge < -0.3 is 15.5 Å². The molecule has 0 aromatic carbocycles. The third-order valence-corrected chi connectivity index (χ3v) is 13.9. The highest BCUT2D eigenvalue weighted by atomic mass is 16.3. The maximum atomic E-state index is 12.5. The average molecular weight is 1090 g/mol. The highest BCUT2D eigenvalue weighted by Crippen LogP contribution is 2.15. The number of hydrogen-bond acceptors (Lipinski definition) is 3. The van der Waals surface area contributed by atoms with Crippen LogP contribution in [0.4, 0.5) is 0 Å². The molecular weight excluding hydrogens is 963 g/mol. The second kappa shape index (κ2) is 68.0. The fraction of sp³-hybridized carbons (Fsp3) is 0.613. The molecule has 1 amide bonds. The number of hydrogen-bond donors (Lipinski definition) is 3. The summed E-state index contributed by atoms with van der Waals surface area (Å²) >= 11 is 0. The standard InChI is InChI=1S/C75H123NO3/c1-3-5-7-9-11-13-15-17-19-21-23-25-27-29-31-33-34-35-36-37-38-39-40-41-42-43-45-47-49-51-53-55-57-59-61-63-65-67-69-71-75(79)76-73(72-77)74(78)70-68-66-64-62-60-58-56-54-52-50-48-46-44-32-30-28-26-24-22-20-18-16-14-12-10-8-6-4-2/h5,7,11,13,17,19,23,25,29,31,34-35,37-38,40-41,43,45,49,51-52,54-55,57,60,62,68,70,73-74,77-78H,3-4,6,8-10,12,14-16,18,20-22,24,26-28,30,32-33,36,39,42,44,46-48,50,53,56,58-59,61,63-67,69,71-72H2,1-2H3,(H,76,79)/b7-5-,13-11-,19-17-,25-23-,31-29-,35-34-,38-37-,41-40-,45-43-,51-49-,54-52+,57-55-,62-60+,70-68+. The molecule has 79 heavy (non-hydrogen) atoms. The summed E-state index contributed by atoms with van der Waals surface area (Å²) in [6, 6.07) is -0.671. The summed E-state index contributed by atoms with van der Waals surface area (Å²) < 4.78 is 0. The maximum absolute atomic E-state index is 12.5. The van der Waals surface area contributed by atoms with Gasteiger partial charge in [0.05, 0.1) is 18.8 Å². The molecule has 0 spiro atoms. The Balaban J connectivity index is 3.69. The van der Waals surface area contributed by atoms with E-state index in [9.17, 15) is 15.0 Å². The van der Waals surface area contributed by atoms with Gasteiger partial charge in [0.1, 0.15) is 0 Å². The lowest BCUT2D eigenvalue weighted by Crippen LogP contribution is -2.45. The van der Waals surface area contributed by atoms with Crippen molar-refractivity contribution in [3.8, 4) is 0 Å². The van der Waals surface area contributed by atoms with E-state index < -0.39 is 12.1 Å². The largest absolute Gasteiger partial charge is 0.394 e. The van der Waals surface area contributed by atoms with Crippen LogP contribution in [0.2, 0.25) is 0 Å². The van der Waals surface area contributed by atoms with E-state index >= 15 is 0 Å². The van der Waals surface area contributed by atoms with Gasteiger partial charge in [-0.2, -0.15) is 0 Å². The summed E-state index contributed by atoms with van der Waals surface area (Å²) in [5.74, 6) is -0.102. The van der Waals surface area contributed by atoms with E-state index in [-0.39, 0.29) is 12.5 Å². The predicted molar refractivity (Wildman–Crippen MR) is 354 cm³/mol. The van der Waals surface area contributed by atoms with Crippen molar-refractivity contribution in [3.05, 3.63) is 170 Å². The maximum Gasteiger partial charge on any atom is 0.220 e. The minimum atomic E-state index is -0.893. The Kier molecular flexibility index (Phi) is 64.4. The van der Waals surface area contributed by atoms with Gasteiger partial charge in [0.15, 0.2) is 0 Å². The SMILES string of the molecule is CC/C=C\C/C=C\C/C=C\C/C=C\C/C=C\C/C=C\C/C=C\C/C=C\C/C=C\C/C=C\C/C=C\CCCCCCCC(=O)NC(CO)C(O)/C=C/CC/C=C/CC/C=C/CCCCCCCCCCCCCCCCCCCC. The van der Waals surface area contributed by atoms with Crippen LogP contribution in [-0.4, -0.2) is 34.9 Å². The summed E-state index contributed by atoms with van der Waals surface area (Å²) in [5.41, 5.74) is 0. The van der Waals surface area contributed by atoms with E-state index in [1.165, 1.54) is 128 Å². The summed E-state index contributed by atoms with van der Waals surface area (Å²) in [4.78, 5) is 12.5. The van der Waals surface area contributed by atoms with Crippen LogP contribution >= 0.6 is 0 Å². The Hall–Kier alpha value is -4.25. The quantitative estimate of drug-likeness (QED) is 0.0420. The lowest BCUT2D eigenvalue weighted by atomic mass is 10.0. The number of carbonyl (C=O) groups excluding carboxylic acids is 1. The minimum absolute atomic E-state index is 0.102. The summed E-state index contributed by atoms with van der Waals surface area (Å²) in [6.45, 7) is 4.18. The smallest absolute Gasteiger partial charge is 0.220 e. The second-order valence-corrected chi connectivity index (χ2v) is 21.4. The van der Waals surface area contributed by atoms with Crippen LogP contribution in [0.5, 0.6) is 0 Å². The van der Waals surface area contributed by atoms with Gasteiger partial charge in [-0.05, 0) is 128 Å². The Bertz CT molecular complexity index is 1710. The molecule has 0 aliphatic heterocycles. The number of allylic oxidation sites excluding steroid dienone is 27. The molecule has 4 nitrogen and oxygen atoms in total. The molecule has 0 saturated carbocycles. The molecule has 0 aromatic rings. The molecule has 2 atom stereocenters. The lowest BCUT2D eigenvalue weighted by Gasteiger charge is -2.19. The molecule has 0 rings (SSSR count). The van der Waals surface area contributed by atoms with Crippen LogP contribution < -0.4 is 5.32 Å². The average Bonchev–Trinajstić information content (AvgIpc) is 3.45. The molecule has 0 radical (unpaired) electrons. The molecule has 0 fully saturated rings. The minimum Gasteiger partial charge on any atom is -0.394 e. The summed E-state index contributed by atoms with van der Waals surface area (Å²) in [5, 5.41) is 23.2. The van der Waals surface area contributed by atoms with Crippen molar-refractivity contribution in [1.82, 2.24) is 5.32 Å². The van der Waals surface area contributed by atoms with Gasteiger partial charge in [0.25, 0.3) is 0 Å². The first-order valence-corrected chi connectivity index (χ1v) is 32.8. The predicted octanol–water partition coefficient (Wildman–Crippen LogP) is 22.6. The van der Waals surface area contributed by atoms with Crippen LogP contribution in [0.15, 0.2) is 170 Å². The van der Waals surface area contributed by atoms with Gasteiger partial charge >= 0.3 is 0 Å². The van der Waals surface area contributed by atoms with Crippen LogP contribution in [-0.2, 0) is 4.79 Å². The fourth-order valence-corrected chi connectivity index (χ4v) is 8.98. The van der Waals surface area contributed by atoms with Gasteiger partial charge in [-0.15, -0.1) is 0 Å². The first-order valence-electron chi connectivity index (χ1n) is 32.8. The van der Waals surface area contributed by atoms with E-state index in [1.54, 1.807) is 6.08 Å². The zero-order valence-corrected chi connectivity index (χ0v) is 51.3. The third-order valence-electron chi connectivity index (χ3n) is 13.9. The number of amides is 1. The number of aliphatic hydroxyl groups is 2. The Morgan fingerprint density at radius 1 is 0.316 bits per heavy atom. The number of nitrogens with one attached hydrogen (secondary N) is 1. The molecule has 3 N–H and O–H groups in total. The molecule has 0 saturated heterocycles. The van der Waals surface area contributed by atoms with Crippen molar-refractivity contribution in [2.24, 2.45) is 0 Å². The number of aliphatic hydroxyl groups excluding tert-OH is 2. The first-order chi connectivity index (χ1) is 39.2. The van der Waals surface area contributed by atoms with Crippen LogP contribution in [0.25, 0.3) is 0 Å². The van der Waals surface area contributed by atoms with E-state index in [4.69, 9.17) is 0 Å². The zero-order valence-electron chi connectivity index (χ0n) is 51.3. The van der Waals surface area contributed by atoms with E-state index in [0.29, 0.717) is 6.42 Å². The van der Waals surface area contributed by atoms with Crippen LogP contribution in [0, 0.1) is 0 Å². The second-order valence-electron chi connectivity index (χ2n) is 21.4. The normalized spacial score (nSPS) is 13.9. The number of unbranched alkanes of at least 4 members (excludes halogenated alkanes) is 25. The summed E-state index contributed by atoms with van der Waals surface area (Å²) in [6.07, 6.45) is 110. The van der Waals surface area contributed by atoms with Crippen molar-refractivity contribution >= 4 is 5.91 Å².